The van der Waals surface area contributed by atoms with Crippen molar-refractivity contribution in [1.29, 1.82) is 0 Å². The highest BCUT2D eigenvalue weighted by Crippen LogP contribution is 2.22. The number of nitrogens with zero attached hydrogens (tertiary/aromatic N) is 1. The van der Waals surface area contributed by atoms with Gasteiger partial charge in [-0.2, -0.15) is 0 Å². The van der Waals surface area contributed by atoms with Crippen molar-refractivity contribution >= 4 is 17.9 Å². The topological polar surface area (TPSA) is 115 Å². The van der Waals surface area contributed by atoms with Gasteiger partial charge in [-0.15, -0.1) is 6.58 Å². The van der Waals surface area contributed by atoms with E-state index in [1.165, 1.54) is 38.5 Å². The monoisotopic (exact) mass is 469 g/mol. The van der Waals surface area contributed by atoms with Crippen LogP contribution in [0, 0.1) is 17.8 Å². The normalized spacial score (nSPS) is 15.8. The highest BCUT2D eigenvalue weighted by atomic mass is 16.4. The molecule has 3 atom stereocenters. The van der Waals surface area contributed by atoms with Gasteiger partial charge in [-0.3, -0.25) is 9.59 Å². The van der Waals surface area contributed by atoms with Crippen LogP contribution in [0.3, 0.4) is 0 Å². The third kappa shape index (κ3) is 14.8. The van der Waals surface area contributed by atoms with Crippen LogP contribution in [0.4, 0.5) is 0 Å². The molecule has 0 aliphatic heterocycles. The van der Waals surface area contributed by atoms with Crippen LogP contribution < -0.4 is 5.11 Å². The van der Waals surface area contributed by atoms with E-state index in [-0.39, 0.29) is 24.1 Å². The van der Waals surface area contributed by atoms with Gasteiger partial charge in [0.25, 0.3) is 0 Å². The third-order valence-corrected chi connectivity index (χ3v) is 6.52. The molecule has 0 fully saturated rings. The van der Waals surface area contributed by atoms with Crippen molar-refractivity contribution in [2.75, 3.05) is 26.2 Å². The highest BCUT2D eigenvalue weighted by Gasteiger charge is 2.36. The third-order valence-electron chi connectivity index (χ3n) is 6.52. The first-order chi connectivity index (χ1) is 15.5. The van der Waals surface area contributed by atoms with Crippen LogP contribution in [-0.4, -0.2) is 58.8 Å². The van der Waals surface area contributed by atoms with Crippen LogP contribution in [0.25, 0.3) is 0 Å². The Morgan fingerprint density at radius 3 is 1.45 bits per heavy atom. The minimum atomic E-state index is -1.19. The van der Waals surface area contributed by atoms with Crippen LogP contribution in [0.1, 0.15) is 91.4 Å². The summed E-state index contributed by atoms with van der Waals surface area (Å²) in [6.07, 6.45) is 14.6. The molecule has 192 valence electrons. The Labute approximate surface area is 200 Å². The molecule has 2 N–H and O–H groups in total. The predicted octanol–water partition coefficient (Wildman–Crippen LogP) is 4.11. The molecule has 7 heteroatoms. The minimum absolute atomic E-state index is 0.181. The van der Waals surface area contributed by atoms with Gasteiger partial charge in [-0.1, -0.05) is 57.9 Å². The van der Waals surface area contributed by atoms with Crippen LogP contribution in [0.5, 0.6) is 0 Å². The van der Waals surface area contributed by atoms with E-state index in [0.717, 1.165) is 32.1 Å². The molecular formula is C26H47NO6. The van der Waals surface area contributed by atoms with Gasteiger partial charge in [0.05, 0.1) is 26.2 Å². The molecule has 0 rings (SSSR count). The van der Waals surface area contributed by atoms with Gasteiger partial charge in [0.2, 0.25) is 0 Å². The lowest BCUT2D eigenvalue weighted by Crippen LogP contribution is -2.58. The maximum atomic E-state index is 11.5. The number of carboxylic acids is 3. The van der Waals surface area contributed by atoms with E-state index < -0.39 is 35.7 Å². The number of carbonyl (C=O) groups is 3. The fourth-order valence-corrected chi connectivity index (χ4v) is 4.62. The van der Waals surface area contributed by atoms with E-state index in [2.05, 4.69) is 6.58 Å². The van der Waals surface area contributed by atoms with Gasteiger partial charge >= 0.3 is 11.9 Å². The van der Waals surface area contributed by atoms with Crippen LogP contribution in [0.2, 0.25) is 0 Å². The van der Waals surface area contributed by atoms with Crippen LogP contribution >= 0.6 is 0 Å². The number of unbranched alkanes of at least 4 members (excludes halogenated alkanes) is 10. The second kappa shape index (κ2) is 17.6. The number of carboxylic acid groups (broad SMARTS) is 3. The molecule has 0 aromatic heterocycles. The fraction of sp³-hybridized carbons (Fsp3) is 0.808. The Balaban J connectivity index is 4.79. The number of quaternary nitrogens is 1. The van der Waals surface area contributed by atoms with Crippen LogP contribution in [-0.2, 0) is 14.4 Å². The van der Waals surface area contributed by atoms with Crippen LogP contribution in [0.15, 0.2) is 12.7 Å². The van der Waals surface area contributed by atoms with E-state index in [4.69, 9.17) is 0 Å². The minimum Gasteiger partial charge on any atom is -0.550 e. The molecule has 0 aliphatic carbocycles. The molecule has 0 saturated heterocycles. The van der Waals surface area contributed by atoms with Crippen molar-refractivity contribution < 1.29 is 34.2 Å². The standard InChI is InChI=1S/C26H47NO6/c1-5-6-7-8-9-10-11-12-13-14-15-16-17-27(18-21(2)24(28)29,19-22(3)25(30)31)20-23(4)26(32)33/h5,21-23H,1,6-20H2,2-4H3,(H2-,28,29,30,31,32,33). The first-order valence-electron chi connectivity index (χ1n) is 12.7. The van der Waals surface area contributed by atoms with E-state index in [1.54, 1.807) is 20.8 Å². The molecule has 7 nitrogen and oxygen atoms in total. The van der Waals surface area contributed by atoms with Gasteiger partial charge in [0.1, 0.15) is 11.8 Å². The zero-order valence-electron chi connectivity index (χ0n) is 21.1. The smallest absolute Gasteiger partial charge is 0.311 e. The Morgan fingerprint density at radius 1 is 0.727 bits per heavy atom. The quantitative estimate of drug-likeness (QED) is 0.140. The Kier molecular flexibility index (Phi) is 16.6. The maximum absolute atomic E-state index is 11.5. The molecule has 0 spiro atoms. The zero-order chi connectivity index (χ0) is 25.3. The second-order valence-electron chi connectivity index (χ2n) is 9.92. The molecule has 0 radical (unpaired) electrons. The first-order valence-corrected chi connectivity index (χ1v) is 12.7. The molecule has 0 saturated carbocycles. The summed E-state index contributed by atoms with van der Waals surface area (Å²) in [7, 11) is 0. The van der Waals surface area contributed by atoms with Crippen molar-refractivity contribution in [1.82, 2.24) is 0 Å². The molecule has 0 aromatic carbocycles. The summed E-state index contributed by atoms with van der Waals surface area (Å²) in [5.74, 6) is -5.25. The van der Waals surface area contributed by atoms with Crippen molar-refractivity contribution in [3.05, 3.63) is 12.7 Å². The largest absolute Gasteiger partial charge is 0.550 e. The predicted molar refractivity (Wildman–Crippen MR) is 128 cm³/mol. The molecular weight excluding hydrogens is 422 g/mol. The molecule has 0 aromatic rings. The van der Waals surface area contributed by atoms with E-state index in [9.17, 15) is 29.7 Å². The molecule has 33 heavy (non-hydrogen) atoms. The highest BCUT2D eigenvalue weighted by molar-refractivity contribution is 5.70. The lowest BCUT2D eigenvalue weighted by Gasteiger charge is -2.43. The number of aliphatic carboxylic acids is 3. The van der Waals surface area contributed by atoms with Crippen molar-refractivity contribution in [2.24, 2.45) is 17.8 Å². The van der Waals surface area contributed by atoms with Gasteiger partial charge in [0.15, 0.2) is 0 Å². The molecule has 0 heterocycles. The lowest BCUT2D eigenvalue weighted by atomic mass is 10.00. The van der Waals surface area contributed by atoms with Gasteiger partial charge in [-0.25, -0.2) is 0 Å². The number of allylic oxidation sites excluding steroid dienone is 1. The summed E-state index contributed by atoms with van der Waals surface area (Å²) in [6, 6.07) is 0. The summed E-state index contributed by atoms with van der Waals surface area (Å²) in [4.78, 5) is 34.5. The summed E-state index contributed by atoms with van der Waals surface area (Å²) in [5, 5.41) is 30.3. The van der Waals surface area contributed by atoms with E-state index in [0.29, 0.717) is 6.54 Å². The van der Waals surface area contributed by atoms with E-state index in [1.807, 2.05) is 6.08 Å². The number of hydrogen-bond acceptors (Lipinski definition) is 4. The lowest BCUT2D eigenvalue weighted by molar-refractivity contribution is -0.934. The molecule has 3 unspecified atom stereocenters. The number of rotatable bonds is 22. The second-order valence-corrected chi connectivity index (χ2v) is 9.92. The van der Waals surface area contributed by atoms with Crippen molar-refractivity contribution in [3.8, 4) is 0 Å². The fourth-order valence-electron chi connectivity index (χ4n) is 4.62. The first kappa shape index (κ1) is 31.1. The Bertz CT molecular complexity index is 536. The van der Waals surface area contributed by atoms with Gasteiger partial charge in [-0.05, 0) is 39.5 Å². The molecule has 0 bridgehead atoms. The summed E-state index contributed by atoms with van der Waals surface area (Å²) < 4.78 is 0.181. The van der Waals surface area contributed by atoms with Crippen molar-refractivity contribution in [3.63, 3.8) is 0 Å². The average Bonchev–Trinajstić information content (AvgIpc) is 2.74. The zero-order valence-corrected chi connectivity index (χ0v) is 21.1. The SMILES string of the molecule is C=CCCCCCCCCCCCC[N+](CC(C)C(=O)[O-])(CC(C)C(=O)O)CC(C)C(=O)O. The Morgan fingerprint density at radius 2 is 1.09 bits per heavy atom. The summed E-state index contributed by atoms with van der Waals surface area (Å²) in [5.41, 5.74) is 0. The molecule has 0 aliphatic rings. The van der Waals surface area contributed by atoms with Crippen molar-refractivity contribution in [2.45, 2.75) is 91.4 Å². The number of carbonyl (C=O) groups excluding carboxylic acids is 1. The number of hydrogen-bond donors (Lipinski definition) is 2. The summed E-state index contributed by atoms with van der Waals surface area (Å²) >= 11 is 0. The average molecular weight is 470 g/mol. The van der Waals surface area contributed by atoms with Gasteiger partial charge < -0.3 is 24.6 Å². The maximum Gasteiger partial charge on any atom is 0.311 e. The van der Waals surface area contributed by atoms with Gasteiger partial charge in [0, 0.05) is 11.9 Å². The summed E-state index contributed by atoms with van der Waals surface area (Å²) in [6.45, 7) is 9.69. The van der Waals surface area contributed by atoms with E-state index >= 15 is 0 Å². The molecule has 0 amide bonds. The Hall–Kier alpha value is -1.89.